The minimum absolute atomic E-state index is 0.0186. The number of amides is 1. The second-order valence-corrected chi connectivity index (χ2v) is 5.34. The number of carbonyl (C=O) groups excluding carboxylic acids is 1. The Hall–Kier alpha value is -1.49. The third kappa shape index (κ3) is 3.29. The quantitative estimate of drug-likeness (QED) is 0.881. The van der Waals surface area contributed by atoms with Crippen molar-refractivity contribution in [3.8, 4) is 0 Å². The Kier molecular flexibility index (Phi) is 4.14. The van der Waals surface area contributed by atoms with Gasteiger partial charge in [-0.1, -0.05) is 13.0 Å². The van der Waals surface area contributed by atoms with Crippen LogP contribution in [0.4, 0.5) is 8.78 Å². The Bertz CT molecular complexity index is 471. The number of piperidine rings is 1. The first-order valence-electron chi connectivity index (χ1n) is 6.45. The summed E-state index contributed by atoms with van der Waals surface area (Å²) in [4.78, 5) is 11.9. The molecular weight excluding hydrogens is 250 g/mol. The van der Waals surface area contributed by atoms with Crippen molar-refractivity contribution in [2.45, 2.75) is 19.8 Å². The molecule has 1 aliphatic rings. The minimum Gasteiger partial charge on any atom is -0.351 e. The van der Waals surface area contributed by atoms with Gasteiger partial charge >= 0.3 is 0 Å². The summed E-state index contributed by atoms with van der Waals surface area (Å²) in [6.07, 6.45) is 1.91. The van der Waals surface area contributed by atoms with E-state index in [0.29, 0.717) is 6.54 Å². The zero-order chi connectivity index (χ0) is 13.9. The molecule has 1 heterocycles. The maximum absolute atomic E-state index is 13.5. The van der Waals surface area contributed by atoms with Gasteiger partial charge in [-0.05, 0) is 43.5 Å². The van der Waals surface area contributed by atoms with Crippen molar-refractivity contribution < 1.29 is 13.6 Å². The van der Waals surface area contributed by atoms with E-state index in [-0.39, 0.29) is 11.0 Å². The predicted molar refractivity (Wildman–Crippen MR) is 68.9 cm³/mol. The van der Waals surface area contributed by atoms with Crippen molar-refractivity contribution in [2.75, 3.05) is 19.6 Å². The highest BCUT2D eigenvalue weighted by molar-refractivity contribution is 5.94. The largest absolute Gasteiger partial charge is 0.351 e. The molecule has 2 N–H and O–H groups in total. The van der Waals surface area contributed by atoms with E-state index in [1.807, 2.05) is 0 Å². The molecule has 1 aliphatic heterocycles. The van der Waals surface area contributed by atoms with Crippen molar-refractivity contribution in [1.29, 1.82) is 0 Å². The van der Waals surface area contributed by atoms with Crippen LogP contribution in [0.5, 0.6) is 0 Å². The Morgan fingerprint density at radius 1 is 1.37 bits per heavy atom. The standard InChI is InChI=1S/C14H18F2N2O/c1-14(5-7-17-8-6-14)9-18-13(19)10-3-2-4-11(15)12(10)16/h2-4,17H,5-9H2,1H3,(H,18,19). The molecule has 1 aromatic rings. The number of halogens is 2. The Balaban J connectivity index is 1.99. The van der Waals surface area contributed by atoms with Crippen LogP contribution in [0.3, 0.4) is 0 Å². The monoisotopic (exact) mass is 268 g/mol. The summed E-state index contributed by atoms with van der Waals surface area (Å²) in [6.45, 7) is 4.40. The summed E-state index contributed by atoms with van der Waals surface area (Å²) in [5.41, 5.74) is -0.220. The van der Waals surface area contributed by atoms with Crippen LogP contribution in [-0.4, -0.2) is 25.5 Å². The van der Waals surface area contributed by atoms with Gasteiger partial charge in [0.15, 0.2) is 11.6 Å². The number of benzene rings is 1. The van der Waals surface area contributed by atoms with E-state index in [2.05, 4.69) is 17.6 Å². The van der Waals surface area contributed by atoms with Crippen LogP contribution in [0.25, 0.3) is 0 Å². The highest BCUT2D eigenvalue weighted by Crippen LogP contribution is 2.26. The SMILES string of the molecule is CC1(CNC(=O)c2cccc(F)c2F)CCNCC1. The fourth-order valence-electron chi connectivity index (χ4n) is 2.28. The second-order valence-electron chi connectivity index (χ2n) is 5.34. The number of carbonyl (C=O) groups is 1. The first-order chi connectivity index (χ1) is 9.02. The van der Waals surface area contributed by atoms with Crippen LogP contribution in [-0.2, 0) is 0 Å². The van der Waals surface area contributed by atoms with Crippen LogP contribution in [0, 0.1) is 17.0 Å². The molecule has 0 saturated carbocycles. The van der Waals surface area contributed by atoms with Gasteiger partial charge < -0.3 is 10.6 Å². The summed E-state index contributed by atoms with van der Waals surface area (Å²) in [5.74, 6) is -2.65. The highest BCUT2D eigenvalue weighted by Gasteiger charge is 2.27. The number of hydrogen-bond donors (Lipinski definition) is 2. The Morgan fingerprint density at radius 3 is 2.74 bits per heavy atom. The van der Waals surface area contributed by atoms with E-state index < -0.39 is 17.5 Å². The van der Waals surface area contributed by atoms with Crippen LogP contribution >= 0.6 is 0 Å². The molecule has 104 valence electrons. The molecular formula is C14H18F2N2O. The fourth-order valence-corrected chi connectivity index (χ4v) is 2.28. The van der Waals surface area contributed by atoms with Crippen molar-refractivity contribution in [3.05, 3.63) is 35.4 Å². The van der Waals surface area contributed by atoms with Crippen LogP contribution in [0.2, 0.25) is 0 Å². The molecule has 1 saturated heterocycles. The summed E-state index contributed by atoms with van der Waals surface area (Å²) < 4.78 is 26.5. The Labute approximate surface area is 111 Å². The third-order valence-corrected chi connectivity index (χ3v) is 3.68. The van der Waals surface area contributed by atoms with Crippen molar-refractivity contribution in [2.24, 2.45) is 5.41 Å². The van der Waals surface area contributed by atoms with Gasteiger partial charge in [-0.15, -0.1) is 0 Å². The lowest BCUT2D eigenvalue weighted by Crippen LogP contribution is -2.43. The predicted octanol–water partition coefficient (Wildman–Crippen LogP) is 2.08. The molecule has 0 radical (unpaired) electrons. The van der Waals surface area contributed by atoms with E-state index in [1.165, 1.54) is 12.1 Å². The average molecular weight is 268 g/mol. The van der Waals surface area contributed by atoms with Crippen molar-refractivity contribution in [3.63, 3.8) is 0 Å². The lowest BCUT2D eigenvalue weighted by atomic mass is 9.81. The summed E-state index contributed by atoms with van der Waals surface area (Å²) >= 11 is 0. The molecule has 0 atom stereocenters. The molecule has 0 aliphatic carbocycles. The van der Waals surface area contributed by atoms with E-state index in [1.54, 1.807) is 0 Å². The molecule has 0 spiro atoms. The van der Waals surface area contributed by atoms with Gasteiger partial charge in [-0.3, -0.25) is 4.79 Å². The van der Waals surface area contributed by atoms with Crippen LogP contribution in [0.15, 0.2) is 18.2 Å². The lowest BCUT2D eigenvalue weighted by molar-refractivity contribution is 0.0917. The van der Waals surface area contributed by atoms with E-state index in [4.69, 9.17) is 0 Å². The second kappa shape index (κ2) is 5.65. The molecule has 3 nitrogen and oxygen atoms in total. The van der Waals surface area contributed by atoms with Gasteiger partial charge in [0, 0.05) is 6.54 Å². The first-order valence-corrected chi connectivity index (χ1v) is 6.45. The molecule has 5 heteroatoms. The fraction of sp³-hybridized carbons (Fsp3) is 0.500. The minimum atomic E-state index is -1.09. The van der Waals surface area contributed by atoms with E-state index in [9.17, 15) is 13.6 Å². The maximum atomic E-state index is 13.5. The lowest BCUT2D eigenvalue weighted by Gasteiger charge is -2.34. The molecule has 0 aromatic heterocycles. The van der Waals surface area contributed by atoms with Crippen LogP contribution < -0.4 is 10.6 Å². The van der Waals surface area contributed by atoms with Gasteiger partial charge in [-0.2, -0.15) is 0 Å². The molecule has 0 bridgehead atoms. The first kappa shape index (κ1) is 13.9. The zero-order valence-corrected chi connectivity index (χ0v) is 10.9. The molecule has 0 unspecified atom stereocenters. The van der Waals surface area contributed by atoms with E-state index >= 15 is 0 Å². The number of nitrogens with one attached hydrogen (secondary N) is 2. The van der Waals surface area contributed by atoms with Gasteiger partial charge in [0.25, 0.3) is 5.91 Å². The molecule has 2 rings (SSSR count). The smallest absolute Gasteiger partial charge is 0.254 e. The van der Waals surface area contributed by atoms with Crippen molar-refractivity contribution >= 4 is 5.91 Å². The maximum Gasteiger partial charge on any atom is 0.254 e. The van der Waals surface area contributed by atoms with Crippen LogP contribution in [0.1, 0.15) is 30.1 Å². The van der Waals surface area contributed by atoms with Gasteiger partial charge in [0.1, 0.15) is 0 Å². The molecule has 1 fully saturated rings. The molecule has 19 heavy (non-hydrogen) atoms. The number of hydrogen-bond acceptors (Lipinski definition) is 2. The van der Waals surface area contributed by atoms with Crippen molar-refractivity contribution in [1.82, 2.24) is 10.6 Å². The zero-order valence-electron chi connectivity index (χ0n) is 10.9. The summed E-state index contributed by atoms with van der Waals surface area (Å²) in [7, 11) is 0. The average Bonchev–Trinajstić information content (AvgIpc) is 2.40. The summed E-state index contributed by atoms with van der Waals surface area (Å²) in [6, 6.07) is 3.62. The normalized spacial score (nSPS) is 18.1. The Morgan fingerprint density at radius 2 is 2.05 bits per heavy atom. The summed E-state index contributed by atoms with van der Waals surface area (Å²) in [5, 5.41) is 5.96. The van der Waals surface area contributed by atoms with Gasteiger partial charge in [-0.25, -0.2) is 8.78 Å². The van der Waals surface area contributed by atoms with Gasteiger partial charge in [0.05, 0.1) is 5.56 Å². The molecule has 1 aromatic carbocycles. The molecule has 1 amide bonds. The number of rotatable bonds is 3. The topological polar surface area (TPSA) is 41.1 Å². The van der Waals surface area contributed by atoms with Gasteiger partial charge in [0.2, 0.25) is 0 Å². The highest BCUT2D eigenvalue weighted by atomic mass is 19.2. The van der Waals surface area contributed by atoms with E-state index in [0.717, 1.165) is 32.0 Å². The third-order valence-electron chi connectivity index (χ3n) is 3.68.